The lowest BCUT2D eigenvalue weighted by Gasteiger charge is -2.11. The summed E-state index contributed by atoms with van der Waals surface area (Å²) in [5.74, 6) is 0.106. The molecular formula is C10H21NO2. The zero-order valence-electron chi connectivity index (χ0n) is 8.68. The highest BCUT2D eigenvalue weighted by Crippen LogP contribution is 1.99. The number of aliphatic hydroxyl groups is 1. The van der Waals surface area contributed by atoms with Gasteiger partial charge in [0, 0.05) is 19.1 Å². The van der Waals surface area contributed by atoms with Crippen molar-refractivity contribution in [3.8, 4) is 0 Å². The molecule has 13 heavy (non-hydrogen) atoms. The molecule has 0 aliphatic carbocycles. The summed E-state index contributed by atoms with van der Waals surface area (Å²) in [6.07, 6.45) is 4.47. The number of nitrogens with one attached hydrogen (secondary N) is 1. The number of rotatable bonds is 7. The van der Waals surface area contributed by atoms with Crippen LogP contribution in [-0.2, 0) is 4.79 Å². The van der Waals surface area contributed by atoms with E-state index in [4.69, 9.17) is 5.11 Å². The molecule has 0 fully saturated rings. The van der Waals surface area contributed by atoms with Crippen molar-refractivity contribution < 1.29 is 9.90 Å². The minimum atomic E-state index is 0.0964. The Labute approximate surface area is 80.5 Å². The van der Waals surface area contributed by atoms with Crippen molar-refractivity contribution in [2.24, 2.45) is 0 Å². The quantitative estimate of drug-likeness (QED) is 0.593. The van der Waals surface area contributed by atoms with Crippen LogP contribution in [0, 0.1) is 0 Å². The molecule has 3 heteroatoms. The molecule has 78 valence electrons. The average Bonchev–Trinajstić information content (AvgIpc) is 2.05. The lowest BCUT2D eigenvalue weighted by molar-refractivity contribution is -0.121. The predicted octanol–water partition coefficient (Wildman–Crippen LogP) is 1.45. The molecule has 0 spiro atoms. The summed E-state index contributed by atoms with van der Waals surface area (Å²) in [7, 11) is 0. The van der Waals surface area contributed by atoms with Crippen molar-refractivity contribution in [1.29, 1.82) is 0 Å². The van der Waals surface area contributed by atoms with E-state index in [1.54, 1.807) is 0 Å². The van der Waals surface area contributed by atoms with Gasteiger partial charge in [0.15, 0.2) is 0 Å². The lowest BCUT2D eigenvalue weighted by atomic mass is 10.2. The second kappa shape index (κ2) is 8.05. The van der Waals surface area contributed by atoms with Crippen molar-refractivity contribution >= 4 is 5.91 Å². The molecule has 0 radical (unpaired) electrons. The third kappa shape index (κ3) is 7.78. The summed E-state index contributed by atoms with van der Waals surface area (Å²) in [5.41, 5.74) is 0. The van der Waals surface area contributed by atoms with Crippen LogP contribution in [0.25, 0.3) is 0 Å². The van der Waals surface area contributed by atoms with E-state index in [0.29, 0.717) is 12.8 Å². The molecule has 0 heterocycles. The first kappa shape index (κ1) is 12.4. The Morgan fingerprint density at radius 3 is 2.69 bits per heavy atom. The molecule has 0 aromatic carbocycles. The minimum Gasteiger partial charge on any atom is -0.396 e. The average molecular weight is 187 g/mol. The number of carbonyl (C=O) groups excluding carboxylic acids is 1. The van der Waals surface area contributed by atoms with Crippen LogP contribution >= 0.6 is 0 Å². The van der Waals surface area contributed by atoms with Gasteiger partial charge in [-0.05, 0) is 19.8 Å². The molecule has 1 amide bonds. The molecule has 3 nitrogen and oxygen atoms in total. The van der Waals surface area contributed by atoms with Gasteiger partial charge in [-0.3, -0.25) is 4.79 Å². The molecule has 1 unspecified atom stereocenters. The highest BCUT2D eigenvalue weighted by Gasteiger charge is 2.05. The van der Waals surface area contributed by atoms with Gasteiger partial charge in [0.1, 0.15) is 0 Å². The number of unbranched alkanes of at least 4 members (excludes halogenated alkanes) is 2. The monoisotopic (exact) mass is 187 g/mol. The Bertz CT molecular complexity index is 137. The SMILES string of the molecule is CCCCCC(=O)NC(C)CCO. The summed E-state index contributed by atoms with van der Waals surface area (Å²) in [6, 6.07) is 0.0964. The van der Waals surface area contributed by atoms with E-state index in [2.05, 4.69) is 12.2 Å². The van der Waals surface area contributed by atoms with Gasteiger partial charge in [-0.15, -0.1) is 0 Å². The predicted molar refractivity (Wildman–Crippen MR) is 53.4 cm³/mol. The molecule has 0 aromatic heterocycles. The molecule has 0 saturated heterocycles. The van der Waals surface area contributed by atoms with Gasteiger partial charge in [0.25, 0.3) is 0 Å². The standard InChI is InChI=1S/C10H21NO2/c1-3-4-5-6-10(13)11-9(2)7-8-12/h9,12H,3-8H2,1-2H3,(H,11,13). The Kier molecular flexibility index (Phi) is 7.69. The van der Waals surface area contributed by atoms with E-state index in [1.165, 1.54) is 0 Å². The molecule has 0 aromatic rings. The van der Waals surface area contributed by atoms with Crippen LogP contribution in [0.1, 0.15) is 46.0 Å². The van der Waals surface area contributed by atoms with Crippen LogP contribution in [0.2, 0.25) is 0 Å². The molecule has 2 N–H and O–H groups in total. The molecule has 0 bridgehead atoms. The maximum Gasteiger partial charge on any atom is 0.220 e. The maximum atomic E-state index is 11.2. The van der Waals surface area contributed by atoms with Gasteiger partial charge in [-0.2, -0.15) is 0 Å². The van der Waals surface area contributed by atoms with Crippen molar-refractivity contribution in [2.75, 3.05) is 6.61 Å². The van der Waals surface area contributed by atoms with Crippen molar-refractivity contribution in [3.05, 3.63) is 0 Å². The first-order valence-electron chi connectivity index (χ1n) is 5.11. The zero-order chi connectivity index (χ0) is 10.1. The summed E-state index contributed by atoms with van der Waals surface area (Å²) >= 11 is 0. The zero-order valence-corrected chi connectivity index (χ0v) is 8.68. The van der Waals surface area contributed by atoms with Crippen LogP contribution < -0.4 is 5.32 Å². The second-order valence-electron chi connectivity index (χ2n) is 3.44. The summed E-state index contributed by atoms with van der Waals surface area (Å²) in [6.45, 7) is 4.16. The van der Waals surface area contributed by atoms with E-state index in [9.17, 15) is 4.79 Å². The van der Waals surface area contributed by atoms with Gasteiger partial charge < -0.3 is 10.4 Å². The fraction of sp³-hybridized carbons (Fsp3) is 0.900. The second-order valence-corrected chi connectivity index (χ2v) is 3.44. The van der Waals surface area contributed by atoms with Gasteiger partial charge >= 0.3 is 0 Å². The van der Waals surface area contributed by atoms with Crippen LogP contribution in [-0.4, -0.2) is 23.7 Å². The van der Waals surface area contributed by atoms with Crippen LogP contribution in [0.5, 0.6) is 0 Å². The highest BCUT2D eigenvalue weighted by atomic mass is 16.3. The van der Waals surface area contributed by atoms with Crippen molar-refractivity contribution in [2.45, 2.75) is 52.0 Å². The third-order valence-corrected chi connectivity index (χ3v) is 1.98. The number of aliphatic hydroxyl groups excluding tert-OH is 1. The van der Waals surface area contributed by atoms with E-state index in [1.807, 2.05) is 6.92 Å². The first-order chi connectivity index (χ1) is 6.20. The molecule has 0 rings (SSSR count). The fourth-order valence-electron chi connectivity index (χ4n) is 1.15. The molecule has 0 aliphatic rings. The normalized spacial score (nSPS) is 12.5. The summed E-state index contributed by atoms with van der Waals surface area (Å²) < 4.78 is 0. The Hall–Kier alpha value is -0.570. The van der Waals surface area contributed by atoms with Crippen LogP contribution in [0.15, 0.2) is 0 Å². The van der Waals surface area contributed by atoms with Gasteiger partial charge in [-0.1, -0.05) is 19.8 Å². The molecule has 0 saturated carbocycles. The largest absolute Gasteiger partial charge is 0.396 e. The topological polar surface area (TPSA) is 49.3 Å². The van der Waals surface area contributed by atoms with E-state index in [-0.39, 0.29) is 18.6 Å². The Morgan fingerprint density at radius 1 is 1.46 bits per heavy atom. The maximum absolute atomic E-state index is 11.2. The minimum absolute atomic E-state index is 0.0964. The van der Waals surface area contributed by atoms with Gasteiger partial charge in [-0.25, -0.2) is 0 Å². The Morgan fingerprint density at radius 2 is 2.15 bits per heavy atom. The highest BCUT2D eigenvalue weighted by molar-refractivity contribution is 5.76. The number of hydrogen-bond acceptors (Lipinski definition) is 2. The van der Waals surface area contributed by atoms with Crippen molar-refractivity contribution in [3.63, 3.8) is 0 Å². The van der Waals surface area contributed by atoms with E-state index < -0.39 is 0 Å². The fourth-order valence-corrected chi connectivity index (χ4v) is 1.15. The van der Waals surface area contributed by atoms with Crippen LogP contribution in [0.4, 0.5) is 0 Å². The van der Waals surface area contributed by atoms with Gasteiger partial charge in [0.2, 0.25) is 5.91 Å². The van der Waals surface area contributed by atoms with Crippen LogP contribution in [0.3, 0.4) is 0 Å². The van der Waals surface area contributed by atoms with E-state index in [0.717, 1.165) is 19.3 Å². The van der Waals surface area contributed by atoms with E-state index >= 15 is 0 Å². The van der Waals surface area contributed by atoms with Gasteiger partial charge in [0.05, 0.1) is 0 Å². The Balaban J connectivity index is 3.38. The molecule has 1 atom stereocenters. The van der Waals surface area contributed by atoms with Crippen molar-refractivity contribution in [1.82, 2.24) is 5.32 Å². The lowest BCUT2D eigenvalue weighted by Crippen LogP contribution is -2.32. The number of carbonyl (C=O) groups is 1. The molecular weight excluding hydrogens is 166 g/mol. The number of hydrogen-bond donors (Lipinski definition) is 2. The summed E-state index contributed by atoms with van der Waals surface area (Å²) in [5, 5.41) is 11.5. The smallest absolute Gasteiger partial charge is 0.220 e. The first-order valence-corrected chi connectivity index (χ1v) is 5.11. The third-order valence-electron chi connectivity index (χ3n) is 1.98. The molecule has 0 aliphatic heterocycles. The number of amides is 1. The summed E-state index contributed by atoms with van der Waals surface area (Å²) in [4.78, 5) is 11.2.